The van der Waals surface area contributed by atoms with Gasteiger partial charge in [-0.1, -0.05) is 15.9 Å². The number of carbonyl (C=O) groups is 1. The molecule has 0 radical (unpaired) electrons. The summed E-state index contributed by atoms with van der Waals surface area (Å²) in [6.07, 6.45) is 0.679. The Kier molecular flexibility index (Phi) is 3.58. The van der Waals surface area contributed by atoms with E-state index in [9.17, 15) is 9.90 Å². The number of benzene rings is 1. The molecule has 1 saturated heterocycles. The third-order valence-electron chi connectivity index (χ3n) is 4.48. The second-order valence-corrected chi connectivity index (χ2v) is 7.01. The quantitative estimate of drug-likeness (QED) is 0.905. The summed E-state index contributed by atoms with van der Waals surface area (Å²) in [5.41, 5.74) is 0.212. The molecule has 0 amide bonds. The van der Waals surface area contributed by atoms with Gasteiger partial charge in [-0.25, -0.2) is 0 Å². The number of carboxylic acids is 1. The molecule has 1 fully saturated rings. The summed E-state index contributed by atoms with van der Waals surface area (Å²) in [4.78, 5) is 13.5. The lowest BCUT2D eigenvalue weighted by atomic mass is 9.90. The molecule has 5 heteroatoms. The molecule has 1 aromatic carbocycles. The van der Waals surface area contributed by atoms with Crippen LogP contribution in [-0.4, -0.2) is 29.1 Å². The molecule has 2 heterocycles. The van der Waals surface area contributed by atoms with Crippen LogP contribution in [0.4, 0.5) is 0 Å². The maximum Gasteiger partial charge on any atom is 0.310 e. The lowest BCUT2D eigenvalue weighted by Gasteiger charge is -2.24. The maximum atomic E-state index is 11.4. The number of fused-ring (bicyclic) bond motifs is 1. The summed E-state index contributed by atoms with van der Waals surface area (Å²) in [6, 6.07) is 8.05. The Morgan fingerprint density at radius 3 is 2.90 bits per heavy atom. The summed E-state index contributed by atoms with van der Waals surface area (Å²) in [6.45, 7) is 5.23. The van der Waals surface area contributed by atoms with Crippen LogP contribution in [0, 0.1) is 5.41 Å². The standard InChI is InChI=1S/C16H18BrNO3/c1-10(18-6-5-16(2,9-18)15(19)20)14-8-11-7-12(17)3-4-13(11)21-14/h3-4,7-8,10H,5-6,9H2,1-2H3,(H,19,20). The molecule has 0 aliphatic carbocycles. The van der Waals surface area contributed by atoms with E-state index in [0.717, 1.165) is 27.7 Å². The fourth-order valence-corrected chi connectivity index (χ4v) is 3.30. The molecule has 3 rings (SSSR count). The van der Waals surface area contributed by atoms with E-state index in [1.807, 2.05) is 31.2 Å². The number of rotatable bonds is 3. The van der Waals surface area contributed by atoms with Gasteiger partial charge in [-0.05, 0) is 44.5 Å². The van der Waals surface area contributed by atoms with Gasteiger partial charge in [0, 0.05) is 22.9 Å². The average Bonchev–Trinajstić information content (AvgIpc) is 3.02. The van der Waals surface area contributed by atoms with Crippen molar-refractivity contribution in [3.05, 3.63) is 34.5 Å². The highest BCUT2D eigenvalue weighted by molar-refractivity contribution is 9.10. The van der Waals surface area contributed by atoms with Crippen molar-refractivity contribution in [3.8, 4) is 0 Å². The first-order valence-electron chi connectivity index (χ1n) is 7.05. The van der Waals surface area contributed by atoms with Crippen molar-refractivity contribution in [1.29, 1.82) is 0 Å². The highest BCUT2D eigenvalue weighted by atomic mass is 79.9. The highest BCUT2D eigenvalue weighted by Crippen LogP contribution is 2.37. The van der Waals surface area contributed by atoms with Gasteiger partial charge in [-0.3, -0.25) is 9.69 Å². The number of furan rings is 1. The van der Waals surface area contributed by atoms with E-state index in [0.29, 0.717) is 13.0 Å². The summed E-state index contributed by atoms with van der Waals surface area (Å²) in [5, 5.41) is 10.4. The molecular weight excluding hydrogens is 334 g/mol. The van der Waals surface area contributed by atoms with Gasteiger partial charge in [-0.15, -0.1) is 0 Å². The Hall–Kier alpha value is -1.33. The minimum atomic E-state index is -0.717. The van der Waals surface area contributed by atoms with Gasteiger partial charge in [-0.2, -0.15) is 0 Å². The number of likely N-dealkylation sites (tertiary alicyclic amines) is 1. The zero-order valence-corrected chi connectivity index (χ0v) is 13.7. The second-order valence-electron chi connectivity index (χ2n) is 6.09. The van der Waals surface area contributed by atoms with Crippen molar-refractivity contribution in [1.82, 2.24) is 4.90 Å². The summed E-state index contributed by atoms with van der Waals surface area (Å²) in [7, 11) is 0. The molecule has 1 aliphatic rings. The Labute approximate surface area is 131 Å². The van der Waals surface area contributed by atoms with E-state index in [4.69, 9.17) is 4.42 Å². The number of aliphatic carboxylic acids is 1. The van der Waals surface area contributed by atoms with E-state index >= 15 is 0 Å². The van der Waals surface area contributed by atoms with Crippen molar-refractivity contribution in [2.75, 3.05) is 13.1 Å². The zero-order valence-electron chi connectivity index (χ0n) is 12.1. The predicted octanol–water partition coefficient (Wildman–Crippen LogP) is 4.05. The fourth-order valence-electron chi connectivity index (χ4n) is 2.92. The number of nitrogens with zero attached hydrogens (tertiary/aromatic N) is 1. The zero-order chi connectivity index (χ0) is 15.2. The van der Waals surface area contributed by atoms with E-state index in [1.165, 1.54) is 0 Å². The second kappa shape index (κ2) is 5.14. The molecule has 0 saturated carbocycles. The average molecular weight is 352 g/mol. The molecule has 21 heavy (non-hydrogen) atoms. The van der Waals surface area contributed by atoms with E-state index < -0.39 is 11.4 Å². The lowest BCUT2D eigenvalue weighted by Crippen LogP contribution is -2.32. The Morgan fingerprint density at radius 2 is 2.24 bits per heavy atom. The van der Waals surface area contributed by atoms with Crippen LogP contribution in [0.15, 0.2) is 33.2 Å². The summed E-state index contributed by atoms with van der Waals surface area (Å²) < 4.78 is 6.94. The largest absolute Gasteiger partial charge is 0.481 e. The van der Waals surface area contributed by atoms with Gasteiger partial charge < -0.3 is 9.52 Å². The van der Waals surface area contributed by atoms with Gasteiger partial charge in [0.2, 0.25) is 0 Å². The van der Waals surface area contributed by atoms with Gasteiger partial charge >= 0.3 is 5.97 Å². The topological polar surface area (TPSA) is 53.7 Å². The van der Waals surface area contributed by atoms with Crippen LogP contribution >= 0.6 is 15.9 Å². The number of hydrogen-bond donors (Lipinski definition) is 1. The highest BCUT2D eigenvalue weighted by Gasteiger charge is 2.42. The van der Waals surface area contributed by atoms with Gasteiger partial charge in [0.1, 0.15) is 11.3 Å². The van der Waals surface area contributed by atoms with Gasteiger partial charge in [0.05, 0.1) is 11.5 Å². The first kappa shape index (κ1) is 14.6. The van der Waals surface area contributed by atoms with Crippen molar-refractivity contribution < 1.29 is 14.3 Å². The molecule has 2 aromatic rings. The van der Waals surface area contributed by atoms with Crippen molar-refractivity contribution >= 4 is 32.9 Å². The molecule has 2 atom stereocenters. The fraction of sp³-hybridized carbons (Fsp3) is 0.438. The molecule has 1 aliphatic heterocycles. The minimum absolute atomic E-state index is 0.0809. The molecule has 112 valence electrons. The lowest BCUT2D eigenvalue weighted by molar-refractivity contribution is -0.147. The monoisotopic (exact) mass is 351 g/mol. The summed E-state index contributed by atoms with van der Waals surface area (Å²) in [5.74, 6) is 0.170. The maximum absolute atomic E-state index is 11.4. The predicted molar refractivity (Wildman–Crippen MR) is 84.3 cm³/mol. The number of halogens is 1. The van der Waals surface area contributed by atoms with Gasteiger partial charge in [0.15, 0.2) is 0 Å². The third-order valence-corrected chi connectivity index (χ3v) is 4.97. The van der Waals surface area contributed by atoms with Crippen molar-refractivity contribution in [2.24, 2.45) is 5.41 Å². The third kappa shape index (κ3) is 2.60. The van der Waals surface area contributed by atoms with Crippen molar-refractivity contribution in [2.45, 2.75) is 26.3 Å². The van der Waals surface area contributed by atoms with E-state index in [-0.39, 0.29) is 6.04 Å². The van der Waals surface area contributed by atoms with Crippen molar-refractivity contribution in [3.63, 3.8) is 0 Å². The first-order valence-corrected chi connectivity index (χ1v) is 7.85. The van der Waals surface area contributed by atoms with Crippen LogP contribution in [0.2, 0.25) is 0 Å². The Bertz CT molecular complexity index is 696. The molecule has 1 N–H and O–H groups in total. The Morgan fingerprint density at radius 1 is 1.48 bits per heavy atom. The summed E-state index contributed by atoms with van der Waals surface area (Å²) >= 11 is 3.46. The van der Waals surface area contributed by atoms with Crippen LogP contribution in [-0.2, 0) is 4.79 Å². The smallest absolute Gasteiger partial charge is 0.310 e. The minimum Gasteiger partial charge on any atom is -0.481 e. The number of carboxylic acid groups (broad SMARTS) is 1. The first-order chi connectivity index (χ1) is 9.89. The normalized spacial score (nSPS) is 24.5. The van der Waals surface area contributed by atoms with E-state index in [2.05, 4.69) is 27.8 Å². The molecule has 2 unspecified atom stereocenters. The van der Waals surface area contributed by atoms with Crippen LogP contribution < -0.4 is 0 Å². The number of hydrogen-bond acceptors (Lipinski definition) is 3. The van der Waals surface area contributed by atoms with Gasteiger partial charge in [0.25, 0.3) is 0 Å². The molecule has 1 aromatic heterocycles. The molecule has 0 spiro atoms. The Balaban J connectivity index is 1.84. The molecule has 4 nitrogen and oxygen atoms in total. The van der Waals surface area contributed by atoms with Crippen LogP contribution in [0.3, 0.4) is 0 Å². The van der Waals surface area contributed by atoms with Crippen LogP contribution in [0.25, 0.3) is 11.0 Å². The van der Waals surface area contributed by atoms with Crippen LogP contribution in [0.5, 0.6) is 0 Å². The van der Waals surface area contributed by atoms with Crippen LogP contribution in [0.1, 0.15) is 32.1 Å². The molecule has 0 bridgehead atoms. The van der Waals surface area contributed by atoms with E-state index in [1.54, 1.807) is 0 Å². The SMILES string of the molecule is CC(c1cc2cc(Br)ccc2o1)N1CCC(C)(C(=O)O)C1. The molecular formula is C16H18BrNO3.